The Morgan fingerprint density at radius 2 is 2.05 bits per heavy atom. The van der Waals surface area contributed by atoms with Gasteiger partial charge in [-0.15, -0.1) is 10.2 Å². The Bertz CT molecular complexity index is 572. The molecule has 20 heavy (non-hydrogen) atoms. The average Bonchev–Trinajstić information content (AvgIpc) is 2.86. The average molecular weight is 329 g/mol. The summed E-state index contributed by atoms with van der Waals surface area (Å²) in [6.07, 6.45) is 1.98. The summed E-state index contributed by atoms with van der Waals surface area (Å²) in [5.74, 6) is -0.211. The molecule has 2 aromatic rings. The van der Waals surface area contributed by atoms with Gasteiger partial charge in [-0.25, -0.2) is 4.39 Å². The second-order valence-corrected chi connectivity index (χ2v) is 7.75. The van der Waals surface area contributed by atoms with E-state index in [4.69, 9.17) is 0 Å². The molecule has 0 radical (unpaired) electrons. The lowest BCUT2D eigenvalue weighted by Crippen LogP contribution is -2.22. The number of nitrogens with one attached hydrogen (secondary N) is 1. The van der Waals surface area contributed by atoms with Crippen LogP contribution in [0.4, 0.5) is 4.39 Å². The Morgan fingerprint density at radius 3 is 2.70 bits per heavy atom. The zero-order chi connectivity index (χ0) is 14.5. The maximum Gasteiger partial charge on any atom is 0.179 e. The van der Waals surface area contributed by atoms with E-state index in [0.29, 0.717) is 12.6 Å². The fourth-order valence-electron chi connectivity index (χ4n) is 1.51. The smallest absolute Gasteiger partial charge is 0.179 e. The molecule has 0 fully saturated rings. The third kappa shape index (κ3) is 4.44. The number of thioether (sulfide) groups is 1. The first-order valence-corrected chi connectivity index (χ1v) is 9.01. The van der Waals surface area contributed by atoms with Crippen molar-refractivity contribution in [2.24, 2.45) is 0 Å². The van der Waals surface area contributed by atoms with Crippen molar-refractivity contribution < 1.29 is 4.39 Å². The number of aromatic nitrogens is 2. The minimum Gasteiger partial charge on any atom is -0.310 e. The first kappa shape index (κ1) is 15.8. The van der Waals surface area contributed by atoms with Gasteiger partial charge in [0, 0.05) is 17.5 Å². The maximum atomic E-state index is 13.4. The predicted octanol–water partition coefficient (Wildman–Crippen LogP) is 4.05. The second kappa shape index (κ2) is 7.40. The normalized spacial score (nSPS) is 11.2. The van der Waals surface area contributed by atoms with Crippen molar-refractivity contribution in [3.8, 4) is 0 Å². The largest absolute Gasteiger partial charge is 0.310 e. The minimum absolute atomic E-state index is 0.211. The SMILES string of the molecule is CSc1nnc(Sc2ccc(F)cc2CNC(C)C)s1. The van der Waals surface area contributed by atoms with Crippen molar-refractivity contribution in [1.82, 2.24) is 15.5 Å². The summed E-state index contributed by atoms with van der Waals surface area (Å²) >= 11 is 4.67. The summed E-state index contributed by atoms with van der Waals surface area (Å²) < 4.78 is 15.2. The molecular formula is C13H16FN3S3. The van der Waals surface area contributed by atoms with Crippen molar-refractivity contribution in [3.63, 3.8) is 0 Å². The van der Waals surface area contributed by atoms with Crippen LogP contribution in [-0.2, 0) is 6.54 Å². The van der Waals surface area contributed by atoms with Crippen LogP contribution in [0.5, 0.6) is 0 Å². The van der Waals surface area contributed by atoms with Crippen LogP contribution in [0.3, 0.4) is 0 Å². The molecule has 0 spiro atoms. The van der Waals surface area contributed by atoms with Crippen molar-refractivity contribution in [2.75, 3.05) is 6.26 Å². The molecule has 0 unspecified atom stereocenters. The summed E-state index contributed by atoms with van der Waals surface area (Å²) in [6, 6.07) is 5.23. The number of rotatable bonds is 6. The van der Waals surface area contributed by atoms with Crippen LogP contribution in [0, 0.1) is 5.82 Å². The first-order valence-electron chi connectivity index (χ1n) is 6.15. The molecule has 0 aliphatic carbocycles. The molecule has 0 amide bonds. The zero-order valence-corrected chi connectivity index (χ0v) is 14.0. The highest BCUT2D eigenvalue weighted by Crippen LogP contribution is 2.34. The van der Waals surface area contributed by atoms with Gasteiger partial charge in [-0.3, -0.25) is 0 Å². The number of benzene rings is 1. The molecule has 1 N–H and O–H groups in total. The van der Waals surface area contributed by atoms with Crippen molar-refractivity contribution in [2.45, 2.75) is 40.0 Å². The van der Waals surface area contributed by atoms with Crippen LogP contribution in [0.15, 0.2) is 31.8 Å². The standard InChI is InChI=1S/C13H16FN3S3/c1-8(2)15-7-9-6-10(14)4-5-11(9)19-13-17-16-12(18-3)20-13/h4-6,8,15H,7H2,1-3H3. The van der Waals surface area contributed by atoms with Gasteiger partial charge in [0.25, 0.3) is 0 Å². The van der Waals surface area contributed by atoms with E-state index < -0.39 is 0 Å². The lowest BCUT2D eigenvalue weighted by molar-refractivity contribution is 0.576. The van der Waals surface area contributed by atoms with E-state index in [9.17, 15) is 4.39 Å². The molecule has 2 rings (SSSR count). The molecule has 0 saturated heterocycles. The Balaban J connectivity index is 2.17. The van der Waals surface area contributed by atoms with Gasteiger partial charge in [-0.05, 0) is 30.0 Å². The Labute approximate surface area is 130 Å². The summed E-state index contributed by atoms with van der Waals surface area (Å²) in [5, 5.41) is 11.5. The van der Waals surface area contributed by atoms with Crippen LogP contribution in [0.25, 0.3) is 0 Å². The highest BCUT2D eigenvalue weighted by atomic mass is 32.2. The summed E-state index contributed by atoms with van der Waals surface area (Å²) in [6.45, 7) is 4.79. The molecule has 1 aromatic heterocycles. The molecule has 1 aromatic carbocycles. The van der Waals surface area contributed by atoms with Gasteiger partial charge < -0.3 is 5.32 Å². The van der Waals surface area contributed by atoms with E-state index in [0.717, 1.165) is 19.1 Å². The van der Waals surface area contributed by atoms with E-state index >= 15 is 0 Å². The van der Waals surface area contributed by atoms with Crippen molar-refractivity contribution >= 4 is 34.9 Å². The van der Waals surface area contributed by atoms with Crippen LogP contribution in [-0.4, -0.2) is 22.5 Å². The number of hydrogen-bond acceptors (Lipinski definition) is 6. The van der Waals surface area contributed by atoms with Gasteiger partial charge in [0.1, 0.15) is 5.82 Å². The molecule has 0 aliphatic rings. The Morgan fingerprint density at radius 1 is 1.30 bits per heavy atom. The van der Waals surface area contributed by atoms with Crippen LogP contribution >= 0.6 is 34.9 Å². The monoisotopic (exact) mass is 329 g/mol. The zero-order valence-electron chi connectivity index (χ0n) is 11.5. The minimum atomic E-state index is -0.211. The lowest BCUT2D eigenvalue weighted by Gasteiger charge is -2.11. The Kier molecular flexibility index (Phi) is 5.83. The Hall–Kier alpha value is -0.630. The van der Waals surface area contributed by atoms with Crippen LogP contribution in [0.2, 0.25) is 0 Å². The fraction of sp³-hybridized carbons (Fsp3) is 0.385. The van der Waals surface area contributed by atoms with Crippen LogP contribution in [0.1, 0.15) is 19.4 Å². The highest BCUT2D eigenvalue weighted by Gasteiger charge is 2.10. The molecule has 108 valence electrons. The molecular weight excluding hydrogens is 313 g/mol. The fourth-order valence-corrected chi connectivity index (χ4v) is 4.02. The molecule has 3 nitrogen and oxygen atoms in total. The second-order valence-electron chi connectivity index (χ2n) is 4.43. The number of nitrogens with zero attached hydrogens (tertiary/aromatic N) is 2. The van der Waals surface area contributed by atoms with Gasteiger partial charge in [-0.1, -0.05) is 48.7 Å². The third-order valence-corrected chi connectivity index (χ3v) is 5.55. The molecule has 0 atom stereocenters. The first-order chi connectivity index (χ1) is 9.58. The van der Waals surface area contributed by atoms with Crippen LogP contribution < -0.4 is 5.32 Å². The van der Waals surface area contributed by atoms with Crippen molar-refractivity contribution in [1.29, 1.82) is 0 Å². The van der Waals surface area contributed by atoms with E-state index in [2.05, 4.69) is 29.4 Å². The summed E-state index contributed by atoms with van der Waals surface area (Å²) in [7, 11) is 0. The van der Waals surface area contributed by atoms with Gasteiger partial charge >= 0.3 is 0 Å². The lowest BCUT2D eigenvalue weighted by atomic mass is 10.2. The predicted molar refractivity (Wildman–Crippen MR) is 84.2 cm³/mol. The van der Waals surface area contributed by atoms with E-state index in [1.54, 1.807) is 35.2 Å². The molecule has 0 bridgehead atoms. The van der Waals surface area contributed by atoms with E-state index in [1.807, 2.05) is 6.26 Å². The maximum absolute atomic E-state index is 13.4. The topological polar surface area (TPSA) is 37.8 Å². The van der Waals surface area contributed by atoms with Gasteiger partial charge in [0.15, 0.2) is 8.68 Å². The highest BCUT2D eigenvalue weighted by molar-refractivity contribution is 8.03. The molecule has 0 saturated carbocycles. The summed E-state index contributed by atoms with van der Waals surface area (Å²) in [5.41, 5.74) is 0.949. The summed E-state index contributed by atoms with van der Waals surface area (Å²) in [4.78, 5) is 1.02. The molecule has 7 heteroatoms. The van der Waals surface area contributed by atoms with E-state index in [1.165, 1.54) is 17.8 Å². The molecule has 0 aliphatic heterocycles. The van der Waals surface area contributed by atoms with Gasteiger partial charge in [0.2, 0.25) is 0 Å². The van der Waals surface area contributed by atoms with Gasteiger partial charge in [-0.2, -0.15) is 0 Å². The third-order valence-electron chi connectivity index (χ3n) is 2.48. The quantitative estimate of drug-likeness (QED) is 0.809. The molecule has 1 heterocycles. The van der Waals surface area contributed by atoms with Crippen molar-refractivity contribution in [3.05, 3.63) is 29.6 Å². The van der Waals surface area contributed by atoms with Gasteiger partial charge in [0.05, 0.1) is 0 Å². The van der Waals surface area contributed by atoms with E-state index in [-0.39, 0.29) is 5.82 Å². The number of hydrogen-bond donors (Lipinski definition) is 1. The number of halogens is 1.